The lowest BCUT2D eigenvalue weighted by Crippen LogP contribution is -2.16. The van der Waals surface area contributed by atoms with E-state index in [0.29, 0.717) is 15.7 Å². The van der Waals surface area contributed by atoms with Crippen molar-refractivity contribution in [3.63, 3.8) is 0 Å². The number of aromatic nitrogens is 3. The van der Waals surface area contributed by atoms with Crippen LogP contribution in [0.3, 0.4) is 0 Å². The van der Waals surface area contributed by atoms with E-state index in [1.54, 1.807) is 0 Å². The largest absolute Gasteiger partial charge is 0.487 e. The van der Waals surface area contributed by atoms with Crippen LogP contribution in [0.4, 0.5) is 13.2 Å². The summed E-state index contributed by atoms with van der Waals surface area (Å²) in [6, 6.07) is 15.2. The molecule has 0 aliphatic heterocycles. The van der Waals surface area contributed by atoms with Crippen LogP contribution >= 0.6 is 11.3 Å². The molecule has 0 fully saturated rings. The number of fused-ring (bicyclic) bond motifs is 1. The summed E-state index contributed by atoms with van der Waals surface area (Å²) in [6.07, 6.45) is -4.45. The number of nitrogens with zero attached hydrogens (tertiary/aromatic N) is 3. The fourth-order valence-corrected chi connectivity index (χ4v) is 3.48. The van der Waals surface area contributed by atoms with Gasteiger partial charge in [-0.1, -0.05) is 47.7 Å². The highest BCUT2D eigenvalue weighted by Crippen LogP contribution is 2.31. The highest BCUT2D eigenvalue weighted by molar-refractivity contribution is 7.19. The number of ether oxygens (including phenoxy) is 1. The first kappa shape index (κ1) is 18.2. The molecule has 28 heavy (non-hydrogen) atoms. The van der Waals surface area contributed by atoms with Crippen LogP contribution in [0.5, 0.6) is 5.75 Å². The van der Waals surface area contributed by atoms with Gasteiger partial charge in [0.1, 0.15) is 17.4 Å². The number of alkyl halides is 3. The van der Waals surface area contributed by atoms with Gasteiger partial charge in [0.05, 0.1) is 11.3 Å². The van der Waals surface area contributed by atoms with Crippen LogP contribution in [0, 0.1) is 0 Å². The Morgan fingerprint density at radius 2 is 1.82 bits per heavy atom. The SMILES string of the molecule is O=c1cc(COc2cccc(C(F)(F)F)c2)nc2sc(-c3ccccc3)nn12. The summed E-state index contributed by atoms with van der Waals surface area (Å²) >= 11 is 1.24. The minimum Gasteiger partial charge on any atom is -0.487 e. The van der Waals surface area contributed by atoms with Crippen LogP contribution in [0.15, 0.2) is 65.5 Å². The Balaban J connectivity index is 1.59. The molecule has 4 aromatic rings. The molecule has 0 N–H and O–H groups in total. The van der Waals surface area contributed by atoms with Gasteiger partial charge in [-0.3, -0.25) is 4.79 Å². The van der Waals surface area contributed by atoms with E-state index in [4.69, 9.17) is 4.74 Å². The monoisotopic (exact) mass is 403 g/mol. The Labute approximate surface area is 160 Å². The van der Waals surface area contributed by atoms with Crippen molar-refractivity contribution in [2.24, 2.45) is 0 Å². The molecule has 0 radical (unpaired) electrons. The van der Waals surface area contributed by atoms with E-state index in [2.05, 4.69) is 10.1 Å². The van der Waals surface area contributed by atoms with E-state index in [1.165, 1.54) is 34.1 Å². The summed E-state index contributed by atoms with van der Waals surface area (Å²) in [5, 5.41) is 4.91. The molecule has 0 amide bonds. The van der Waals surface area contributed by atoms with Crippen molar-refractivity contribution in [3.8, 4) is 16.3 Å². The number of benzene rings is 2. The normalized spacial score (nSPS) is 11.7. The van der Waals surface area contributed by atoms with Crippen molar-refractivity contribution in [3.05, 3.63) is 82.3 Å². The van der Waals surface area contributed by atoms with Crippen LogP contribution in [0.25, 0.3) is 15.5 Å². The van der Waals surface area contributed by atoms with Gasteiger partial charge in [-0.15, -0.1) is 0 Å². The van der Waals surface area contributed by atoms with Crippen molar-refractivity contribution in [1.82, 2.24) is 14.6 Å². The van der Waals surface area contributed by atoms with E-state index in [-0.39, 0.29) is 17.9 Å². The maximum atomic E-state index is 12.8. The lowest BCUT2D eigenvalue weighted by molar-refractivity contribution is -0.137. The summed E-state index contributed by atoms with van der Waals surface area (Å²) in [7, 11) is 0. The molecule has 5 nitrogen and oxygen atoms in total. The molecule has 2 aromatic heterocycles. The predicted octanol–water partition coefficient (Wildman–Crippen LogP) is 4.42. The van der Waals surface area contributed by atoms with Gasteiger partial charge < -0.3 is 4.74 Å². The van der Waals surface area contributed by atoms with Crippen LogP contribution in [0.1, 0.15) is 11.3 Å². The molecule has 9 heteroatoms. The van der Waals surface area contributed by atoms with E-state index in [0.717, 1.165) is 17.7 Å². The summed E-state index contributed by atoms with van der Waals surface area (Å²) < 4.78 is 44.9. The third-order valence-corrected chi connectivity index (χ3v) is 4.82. The molecule has 0 saturated heterocycles. The average molecular weight is 403 g/mol. The van der Waals surface area contributed by atoms with E-state index in [9.17, 15) is 18.0 Å². The molecule has 4 rings (SSSR count). The minimum atomic E-state index is -4.45. The van der Waals surface area contributed by atoms with Gasteiger partial charge in [0, 0.05) is 11.6 Å². The maximum Gasteiger partial charge on any atom is 0.416 e. The Kier molecular flexibility index (Phi) is 4.60. The van der Waals surface area contributed by atoms with Gasteiger partial charge in [0.2, 0.25) is 4.96 Å². The summed E-state index contributed by atoms with van der Waals surface area (Å²) in [5.41, 5.74) is -0.0145. The second-order valence-electron chi connectivity index (χ2n) is 5.87. The Hall–Kier alpha value is -3.20. The minimum absolute atomic E-state index is 0.0473. The van der Waals surface area contributed by atoms with Crippen LogP contribution < -0.4 is 10.3 Å². The average Bonchev–Trinajstić information content (AvgIpc) is 3.12. The zero-order valence-corrected chi connectivity index (χ0v) is 15.0. The topological polar surface area (TPSA) is 56.5 Å². The molecule has 0 spiro atoms. The quantitative estimate of drug-likeness (QED) is 0.506. The molecular weight excluding hydrogens is 391 g/mol. The molecule has 0 aliphatic carbocycles. The van der Waals surface area contributed by atoms with Gasteiger partial charge in [-0.25, -0.2) is 4.98 Å². The van der Waals surface area contributed by atoms with Gasteiger partial charge in [-0.2, -0.15) is 22.8 Å². The van der Waals surface area contributed by atoms with Crippen molar-refractivity contribution < 1.29 is 17.9 Å². The van der Waals surface area contributed by atoms with Crippen LogP contribution in [-0.2, 0) is 12.8 Å². The smallest absolute Gasteiger partial charge is 0.416 e. The summed E-state index contributed by atoms with van der Waals surface area (Å²) in [5.74, 6) is 0.0473. The fourth-order valence-electron chi connectivity index (χ4n) is 2.55. The Bertz CT molecular complexity index is 1190. The number of hydrogen-bond donors (Lipinski definition) is 0. The maximum absolute atomic E-state index is 12.8. The second-order valence-corrected chi connectivity index (χ2v) is 6.82. The first-order valence-corrected chi connectivity index (χ1v) is 8.97. The zero-order chi connectivity index (χ0) is 19.7. The highest BCUT2D eigenvalue weighted by atomic mass is 32.1. The lowest BCUT2D eigenvalue weighted by atomic mass is 10.2. The summed E-state index contributed by atoms with van der Waals surface area (Å²) in [6.45, 7) is -0.133. The number of rotatable bonds is 4. The highest BCUT2D eigenvalue weighted by Gasteiger charge is 2.30. The summed E-state index contributed by atoms with van der Waals surface area (Å²) in [4.78, 5) is 17.0. The van der Waals surface area contributed by atoms with E-state index in [1.807, 2.05) is 30.3 Å². The van der Waals surface area contributed by atoms with Crippen molar-refractivity contribution in [2.75, 3.05) is 0 Å². The molecule has 2 aromatic carbocycles. The van der Waals surface area contributed by atoms with Gasteiger partial charge in [0.15, 0.2) is 0 Å². The van der Waals surface area contributed by atoms with E-state index < -0.39 is 11.7 Å². The molecule has 0 atom stereocenters. The molecule has 0 aliphatic rings. The first-order chi connectivity index (χ1) is 13.4. The molecular formula is C19H12F3N3O2S. The van der Waals surface area contributed by atoms with Gasteiger partial charge >= 0.3 is 6.18 Å². The first-order valence-electron chi connectivity index (χ1n) is 8.15. The Morgan fingerprint density at radius 1 is 1.04 bits per heavy atom. The molecule has 2 heterocycles. The number of halogens is 3. The van der Waals surface area contributed by atoms with Crippen LogP contribution in [-0.4, -0.2) is 14.6 Å². The van der Waals surface area contributed by atoms with Gasteiger partial charge in [-0.05, 0) is 18.2 Å². The fraction of sp³-hybridized carbons (Fsp3) is 0.105. The van der Waals surface area contributed by atoms with Gasteiger partial charge in [0.25, 0.3) is 5.56 Å². The zero-order valence-electron chi connectivity index (χ0n) is 14.2. The second kappa shape index (κ2) is 7.08. The number of hydrogen-bond acceptors (Lipinski definition) is 5. The molecule has 0 saturated carbocycles. The predicted molar refractivity (Wildman–Crippen MR) is 98.3 cm³/mol. The van der Waals surface area contributed by atoms with Crippen molar-refractivity contribution >= 4 is 16.3 Å². The molecule has 0 bridgehead atoms. The van der Waals surface area contributed by atoms with Crippen molar-refractivity contribution in [2.45, 2.75) is 12.8 Å². The molecule has 142 valence electrons. The lowest BCUT2D eigenvalue weighted by Gasteiger charge is -2.09. The third kappa shape index (κ3) is 3.74. The molecule has 0 unspecified atom stereocenters. The van der Waals surface area contributed by atoms with Crippen molar-refractivity contribution in [1.29, 1.82) is 0 Å². The van der Waals surface area contributed by atoms with Crippen LogP contribution in [0.2, 0.25) is 0 Å². The standard InChI is InChI=1S/C19H12F3N3O2S/c20-19(21,22)13-7-4-8-15(9-13)27-11-14-10-16(26)25-18(23-14)28-17(24-25)12-5-2-1-3-6-12/h1-10H,11H2. The third-order valence-electron chi connectivity index (χ3n) is 3.87. The van der Waals surface area contributed by atoms with E-state index >= 15 is 0 Å². The Morgan fingerprint density at radius 3 is 2.57 bits per heavy atom.